The van der Waals surface area contributed by atoms with Crippen LogP contribution in [-0.2, 0) is 6.42 Å². The Kier molecular flexibility index (Phi) is 5.41. The Morgan fingerprint density at radius 3 is 3.00 bits per heavy atom. The molecule has 0 fully saturated rings. The molecule has 2 atom stereocenters. The highest BCUT2D eigenvalue weighted by molar-refractivity contribution is 7.99. The van der Waals surface area contributed by atoms with Crippen molar-refractivity contribution in [3.05, 3.63) is 65.5 Å². The summed E-state index contributed by atoms with van der Waals surface area (Å²) in [5, 5.41) is 3.42. The van der Waals surface area contributed by atoms with E-state index >= 15 is 0 Å². The summed E-state index contributed by atoms with van der Waals surface area (Å²) in [6, 6.07) is 12.4. The Morgan fingerprint density at radius 1 is 1.38 bits per heavy atom. The number of nitrogens with one attached hydrogen (secondary N) is 1. The normalized spacial score (nSPS) is 17.7. The summed E-state index contributed by atoms with van der Waals surface area (Å²) >= 11 is 1.92. The summed E-state index contributed by atoms with van der Waals surface area (Å²) in [5.74, 6) is 1.11. The number of hydrogen-bond donors (Lipinski definition) is 1. The van der Waals surface area contributed by atoms with Gasteiger partial charge < -0.3 is 10.2 Å². The van der Waals surface area contributed by atoms with Crippen molar-refractivity contribution in [3.8, 4) is 0 Å². The van der Waals surface area contributed by atoms with Crippen LogP contribution in [0.3, 0.4) is 0 Å². The fourth-order valence-corrected chi connectivity index (χ4v) is 4.21. The number of aryl methyl sites for hydroxylation is 1. The molecule has 3 rings (SSSR count). The average molecular weight is 341 g/mol. The lowest BCUT2D eigenvalue weighted by Crippen LogP contribution is -2.40. The van der Waals surface area contributed by atoms with Gasteiger partial charge in [-0.25, -0.2) is 4.79 Å². The van der Waals surface area contributed by atoms with E-state index in [-0.39, 0.29) is 12.1 Å². The summed E-state index contributed by atoms with van der Waals surface area (Å²) in [6.07, 6.45) is 4.67. The second kappa shape index (κ2) is 7.71. The summed E-state index contributed by atoms with van der Waals surface area (Å²) in [5.41, 5.74) is 3.80. The highest BCUT2D eigenvalue weighted by Crippen LogP contribution is 2.36. The highest BCUT2D eigenvalue weighted by Gasteiger charge is 2.23. The van der Waals surface area contributed by atoms with Gasteiger partial charge in [-0.1, -0.05) is 30.3 Å². The minimum Gasteiger partial charge on any atom is -0.337 e. The van der Waals surface area contributed by atoms with Crippen molar-refractivity contribution in [1.29, 1.82) is 0 Å². The monoisotopic (exact) mass is 341 g/mol. The van der Waals surface area contributed by atoms with Gasteiger partial charge in [-0.05, 0) is 41.9 Å². The molecule has 0 aliphatic carbocycles. The highest BCUT2D eigenvalue weighted by atomic mass is 32.2. The number of nitrogens with zero attached hydrogens (tertiary/aromatic N) is 2. The number of hydrogen-bond acceptors (Lipinski definition) is 3. The Balaban J connectivity index is 1.60. The third-order valence-corrected chi connectivity index (χ3v) is 5.86. The summed E-state index contributed by atoms with van der Waals surface area (Å²) < 4.78 is 0. The van der Waals surface area contributed by atoms with Gasteiger partial charge in [-0.2, -0.15) is 11.8 Å². The maximum Gasteiger partial charge on any atom is 0.317 e. The number of urea groups is 1. The average Bonchev–Trinajstić information content (AvgIpc) is 2.65. The Labute approximate surface area is 147 Å². The third kappa shape index (κ3) is 3.73. The first-order valence-electron chi connectivity index (χ1n) is 8.27. The molecule has 126 valence electrons. The van der Waals surface area contributed by atoms with E-state index in [1.807, 2.05) is 44.1 Å². The van der Waals surface area contributed by atoms with E-state index < -0.39 is 0 Å². The van der Waals surface area contributed by atoms with Crippen LogP contribution >= 0.6 is 11.8 Å². The zero-order chi connectivity index (χ0) is 16.9. The van der Waals surface area contributed by atoms with Crippen molar-refractivity contribution in [2.24, 2.45) is 0 Å². The number of pyridine rings is 1. The first-order chi connectivity index (χ1) is 11.7. The SMILES string of the molecule is C[C@H](c1cccnc1)N(C)C(=O)NC[C@@H]1SCCc2ccccc21. The number of carbonyl (C=O) groups is 1. The molecule has 0 radical (unpaired) electrons. The van der Waals surface area contributed by atoms with E-state index in [2.05, 4.69) is 34.6 Å². The quantitative estimate of drug-likeness (QED) is 0.920. The van der Waals surface area contributed by atoms with E-state index in [1.54, 1.807) is 11.1 Å². The fraction of sp³-hybridized carbons (Fsp3) is 0.368. The maximum absolute atomic E-state index is 12.5. The van der Waals surface area contributed by atoms with Crippen molar-refractivity contribution < 1.29 is 4.79 Å². The lowest BCUT2D eigenvalue weighted by molar-refractivity contribution is 0.194. The van der Waals surface area contributed by atoms with Gasteiger partial charge in [0.05, 0.1) is 6.04 Å². The van der Waals surface area contributed by atoms with Gasteiger partial charge in [-0.3, -0.25) is 4.98 Å². The molecule has 0 spiro atoms. The molecule has 1 aliphatic heterocycles. The standard InChI is InChI=1S/C19H23N3OS/c1-14(16-7-5-10-20-12-16)22(2)19(23)21-13-18-17-8-4-3-6-15(17)9-11-24-18/h3-8,10,12,14,18H,9,11,13H2,1-2H3,(H,21,23)/t14-,18+/m1/s1. The predicted molar refractivity (Wildman–Crippen MR) is 99.2 cm³/mol. The van der Waals surface area contributed by atoms with E-state index in [0.717, 1.165) is 17.7 Å². The van der Waals surface area contributed by atoms with Crippen molar-refractivity contribution >= 4 is 17.8 Å². The largest absolute Gasteiger partial charge is 0.337 e. The van der Waals surface area contributed by atoms with Gasteiger partial charge in [0.2, 0.25) is 0 Å². The molecule has 5 heteroatoms. The van der Waals surface area contributed by atoms with Crippen LogP contribution in [0.25, 0.3) is 0 Å². The van der Waals surface area contributed by atoms with E-state index in [1.165, 1.54) is 11.1 Å². The van der Waals surface area contributed by atoms with Crippen molar-refractivity contribution in [2.45, 2.75) is 24.6 Å². The van der Waals surface area contributed by atoms with E-state index in [4.69, 9.17) is 0 Å². The maximum atomic E-state index is 12.5. The Morgan fingerprint density at radius 2 is 2.21 bits per heavy atom. The zero-order valence-electron chi connectivity index (χ0n) is 14.1. The molecule has 1 aromatic carbocycles. The lowest BCUT2D eigenvalue weighted by atomic mass is 10.0. The number of thioether (sulfide) groups is 1. The first kappa shape index (κ1) is 16.8. The molecule has 4 nitrogen and oxygen atoms in total. The molecule has 24 heavy (non-hydrogen) atoms. The van der Waals surface area contributed by atoms with Crippen LogP contribution in [0.4, 0.5) is 4.79 Å². The van der Waals surface area contributed by atoms with Crippen molar-refractivity contribution in [3.63, 3.8) is 0 Å². The molecule has 2 aromatic rings. The van der Waals surface area contributed by atoms with Crippen LogP contribution in [-0.4, -0.2) is 35.3 Å². The number of aromatic nitrogens is 1. The molecular formula is C19H23N3OS. The van der Waals surface area contributed by atoms with Crippen molar-refractivity contribution in [1.82, 2.24) is 15.2 Å². The van der Waals surface area contributed by atoms with Crippen LogP contribution in [0.1, 0.15) is 34.9 Å². The topological polar surface area (TPSA) is 45.2 Å². The molecule has 2 heterocycles. The molecule has 1 aliphatic rings. The van der Waals surface area contributed by atoms with Gasteiger partial charge in [0.25, 0.3) is 0 Å². The summed E-state index contributed by atoms with van der Waals surface area (Å²) in [6.45, 7) is 2.67. The molecule has 0 saturated heterocycles. The second-order valence-electron chi connectivity index (χ2n) is 6.07. The van der Waals surface area contributed by atoms with Crippen LogP contribution < -0.4 is 5.32 Å². The van der Waals surface area contributed by atoms with Crippen molar-refractivity contribution in [2.75, 3.05) is 19.3 Å². The van der Waals surface area contributed by atoms with Gasteiger partial charge >= 0.3 is 6.03 Å². The second-order valence-corrected chi connectivity index (χ2v) is 7.38. The number of rotatable bonds is 4. The summed E-state index contributed by atoms with van der Waals surface area (Å²) in [4.78, 5) is 18.4. The molecule has 0 bridgehead atoms. The molecule has 1 aromatic heterocycles. The minimum atomic E-state index is -0.0463. The van der Waals surface area contributed by atoms with E-state index in [0.29, 0.717) is 11.8 Å². The fourth-order valence-electron chi connectivity index (χ4n) is 2.97. The predicted octanol–water partition coefficient (Wildman–Crippen LogP) is 3.81. The smallest absolute Gasteiger partial charge is 0.317 e. The van der Waals surface area contributed by atoms with Gasteiger partial charge in [0.15, 0.2) is 0 Å². The van der Waals surface area contributed by atoms with Gasteiger partial charge in [0.1, 0.15) is 0 Å². The lowest BCUT2D eigenvalue weighted by Gasteiger charge is -2.28. The number of benzene rings is 1. The third-order valence-electron chi connectivity index (χ3n) is 4.60. The Bertz CT molecular complexity index is 692. The van der Waals surface area contributed by atoms with Gasteiger partial charge in [0, 0.05) is 31.2 Å². The summed E-state index contributed by atoms with van der Waals surface area (Å²) in [7, 11) is 1.83. The van der Waals surface area contributed by atoms with Crippen LogP contribution in [0.5, 0.6) is 0 Å². The van der Waals surface area contributed by atoms with Crippen LogP contribution in [0.15, 0.2) is 48.8 Å². The van der Waals surface area contributed by atoms with Gasteiger partial charge in [-0.15, -0.1) is 0 Å². The van der Waals surface area contributed by atoms with Crippen LogP contribution in [0.2, 0.25) is 0 Å². The number of amides is 2. The molecule has 0 unspecified atom stereocenters. The molecule has 2 amide bonds. The number of fused-ring (bicyclic) bond motifs is 1. The molecule has 1 N–H and O–H groups in total. The van der Waals surface area contributed by atoms with E-state index in [9.17, 15) is 4.79 Å². The molecular weight excluding hydrogens is 318 g/mol. The molecule has 0 saturated carbocycles. The first-order valence-corrected chi connectivity index (χ1v) is 9.31. The number of carbonyl (C=O) groups excluding carboxylic acids is 1. The minimum absolute atomic E-state index is 0.00926. The zero-order valence-corrected chi connectivity index (χ0v) is 14.9. The van der Waals surface area contributed by atoms with Crippen LogP contribution in [0, 0.1) is 0 Å². The Hall–Kier alpha value is -2.01.